The van der Waals surface area contributed by atoms with Gasteiger partial charge in [-0.25, -0.2) is 4.98 Å². The number of rotatable bonds is 3. The maximum absolute atomic E-state index is 11.1. The number of aromatic nitrogens is 1. The van der Waals surface area contributed by atoms with Crippen molar-refractivity contribution < 1.29 is 4.79 Å². The summed E-state index contributed by atoms with van der Waals surface area (Å²) in [5, 5.41) is 3.11. The van der Waals surface area contributed by atoms with Gasteiger partial charge in [-0.05, 0) is 56.1 Å². The fourth-order valence-corrected chi connectivity index (χ4v) is 2.48. The minimum absolute atomic E-state index is 0.452. The molecule has 92 valence electrons. The first kappa shape index (κ1) is 13.0. The highest BCUT2D eigenvalue weighted by molar-refractivity contribution is 9.11. The molecule has 0 fully saturated rings. The highest BCUT2D eigenvalue weighted by Gasteiger charge is 2.05. The number of primary amides is 1. The zero-order valence-corrected chi connectivity index (χ0v) is 12.3. The van der Waals surface area contributed by atoms with E-state index in [2.05, 4.69) is 42.2 Å². The zero-order valence-electron chi connectivity index (χ0n) is 9.15. The summed E-state index contributed by atoms with van der Waals surface area (Å²) in [7, 11) is 0. The average molecular weight is 371 g/mol. The predicted molar refractivity (Wildman–Crippen MR) is 77.9 cm³/mol. The van der Waals surface area contributed by atoms with Crippen LogP contribution >= 0.6 is 31.9 Å². The van der Waals surface area contributed by atoms with Gasteiger partial charge in [-0.2, -0.15) is 0 Å². The standard InChI is InChI=1S/C12H9Br2N3O/c13-8-5-10(14)12(16-6-8)17-9-3-1-2-7(4-9)11(15)18/h1-6H,(H2,15,18)(H,16,17). The molecule has 0 radical (unpaired) electrons. The lowest BCUT2D eigenvalue weighted by molar-refractivity contribution is 0.100. The number of benzene rings is 1. The number of amides is 1. The molecule has 1 aromatic carbocycles. The fourth-order valence-electron chi connectivity index (χ4n) is 1.39. The van der Waals surface area contributed by atoms with Gasteiger partial charge in [0.05, 0.1) is 4.47 Å². The Hall–Kier alpha value is -1.40. The number of carbonyl (C=O) groups excluding carboxylic acids is 1. The van der Waals surface area contributed by atoms with Gasteiger partial charge >= 0.3 is 0 Å². The van der Waals surface area contributed by atoms with Gasteiger partial charge in [0.2, 0.25) is 5.91 Å². The van der Waals surface area contributed by atoms with Crippen LogP contribution in [0.15, 0.2) is 45.5 Å². The van der Waals surface area contributed by atoms with Crippen molar-refractivity contribution in [1.29, 1.82) is 0 Å². The van der Waals surface area contributed by atoms with Gasteiger partial charge in [-0.1, -0.05) is 6.07 Å². The summed E-state index contributed by atoms with van der Waals surface area (Å²) in [4.78, 5) is 15.3. The lowest BCUT2D eigenvalue weighted by Crippen LogP contribution is -2.10. The van der Waals surface area contributed by atoms with E-state index in [1.165, 1.54) is 0 Å². The zero-order chi connectivity index (χ0) is 13.1. The third-order valence-corrected chi connectivity index (χ3v) is 3.26. The molecule has 1 amide bonds. The van der Waals surface area contributed by atoms with Crippen molar-refractivity contribution in [3.05, 3.63) is 51.0 Å². The van der Waals surface area contributed by atoms with E-state index in [1.807, 2.05) is 12.1 Å². The van der Waals surface area contributed by atoms with Gasteiger partial charge in [0.1, 0.15) is 5.82 Å². The SMILES string of the molecule is NC(=O)c1cccc(Nc2ncc(Br)cc2Br)c1. The van der Waals surface area contributed by atoms with Crippen molar-refractivity contribution >= 4 is 49.3 Å². The highest BCUT2D eigenvalue weighted by atomic mass is 79.9. The molecule has 0 aliphatic carbocycles. The third kappa shape index (κ3) is 3.08. The lowest BCUT2D eigenvalue weighted by Gasteiger charge is -2.08. The number of nitrogens with two attached hydrogens (primary N) is 1. The minimum Gasteiger partial charge on any atom is -0.366 e. The molecule has 4 nitrogen and oxygen atoms in total. The first-order chi connectivity index (χ1) is 8.56. The van der Waals surface area contributed by atoms with E-state index < -0.39 is 5.91 Å². The summed E-state index contributed by atoms with van der Waals surface area (Å²) in [5.74, 6) is 0.210. The number of hydrogen-bond donors (Lipinski definition) is 2. The van der Waals surface area contributed by atoms with E-state index in [0.29, 0.717) is 11.4 Å². The predicted octanol–water partition coefficient (Wildman–Crippen LogP) is 3.45. The molecule has 1 aromatic heterocycles. The average Bonchev–Trinajstić information content (AvgIpc) is 2.33. The minimum atomic E-state index is -0.457. The number of halogens is 2. The number of nitrogens with zero attached hydrogens (tertiary/aromatic N) is 1. The number of carbonyl (C=O) groups is 1. The molecule has 0 unspecified atom stereocenters. The fraction of sp³-hybridized carbons (Fsp3) is 0. The van der Waals surface area contributed by atoms with Crippen molar-refractivity contribution in [2.45, 2.75) is 0 Å². The molecule has 0 spiro atoms. The van der Waals surface area contributed by atoms with Crippen molar-refractivity contribution in [1.82, 2.24) is 4.98 Å². The summed E-state index contributed by atoms with van der Waals surface area (Å²) in [5.41, 5.74) is 6.43. The van der Waals surface area contributed by atoms with Crippen LogP contribution in [0, 0.1) is 0 Å². The van der Waals surface area contributed by atoms with Crippen molar-refractivity contribution in [2.24, 2.45) is 5.73 Å². The van der Waals surface area contributed by atoms with E-state index in [-0.39, 0.29) is 0 Å². The summed E-state index contributed by atoms with van der Waals surface area (Å²) in [6, 6.07) is 8.82. The highest BCUT2D eigenvalue weighted by Crippen LogP contribution is 2.26. The molecule has 2 rings (SSSR count). The Balaban J connectivity index is 2.28. The summed E-state index contributed by atoms with van der Waals surface area (Å²) < 4.78 is 1.70. The van der Waals surface area contributed by atoms with Gasteiger partial charge in [0.25, 0.3) is 0 Å². The van der Waals surface area contributed by atoms with E-state index in [1.54, 1.807) is 24.4 Å². The van der Waals surface area contributed by atoms with Gasteiger partial charge in [-0.3, -0.25) is 4.79 Å². The van der Waals surface area contributed by atoms with E-state index >= 15 is 0 Å². The molecule has 2 aromatic rings. The van der Waals surface area contributed by atoms with E-state index in [9.17, 15) is 4.79 Å². The van der Waals surface area contributed by atoms with Crippen LogP contribution in [0.5, 0.6) is 0 Å². The Kier molecular flexibility index (Phi) is 3.98. The van der Waals surface area contributed by atoms with Crippen molar-refractivity contribution in [3.8, 4) is 0 Å². The van der Waals surface area contributed by atoms with Gasteiger partial charge < -0.3 is 11.1 Å². The van der Waals surface area contributed by atoms with Crippen LogP contribution in [0.4, 0.5) is 11.5 Å². The van der Waals surface area contributed by atoms with Crippen LogP contribution < -0.4 is 11.1 Å². The Morgan fingerprint density at radius 3 is 2.72 bits per heavy atom. The maximum atomic E-state index is 11.1. The first-order valence-corrected chi connectivity index (χ1v) is 6.63. The van der Waals surface area contributed by atoms with Crippen LogP contribution in [0.25, 0.3) is 0 Å². The summed E-state index contributed by atoms with van der Waals surface area (Å²) in [6.45, 7) is 0. The van der Waals surface area contributed by atoms with Gasteiger partial charge in [-0.15, -0.1) is 0 Å². The second-order valence-corrected chi connectivity index (χ2v) is 5.32. The monoisotopic (exact) mass is 369 g/mol. The Labute approximate surface area is 121 Å². The Bertz CT molecular complexity index is 602. The molecular formula is C12H9Br2N3O. The largest absolute Gasteiger partial charge is 0.366 e. The third-order valence-electron chi connectivity index (χ3n) is 2.22. The smallest absolute Gasteiger partial charge is 0.248 e. The quantitative estimate of drug-likeness (QED) is 0.869. The summed E-state index contributed by atoms with van der Waals surface area (Å²) >= 11 is 6.74. The number of pyridine rings is 1. The Morgan fingerprint density at radius 1 is 1.28 bits per heavy atom. The van der Waals surface area contributed by atoms with Crippen molar-refractivity contribution in [3.63, 3.8) is 0 Å². The molecule has 6 heteroatoms. The molecule has 0 aliphatic rings. The summed E-state index contributed by atoms with van der Waals surface area (Å²) in [6.07, 6.45) is 1.69. The molecule has 0 atom stereocenters. The normalized spacial score (nSPS) is 10.1. The van der Waals surface area contributed by atoms with Crippen LogP contribution in [0.3, 0.4) is 0 Å². The van der Waals surface area contributed by atoms with Crippen LogP contribution in [0.2, 0.25) is 0 Å². The van der Waals surface area contributed by atoms with Crippen molar-refractivity contribution in [2.75, 3.05) is 5.32 Å². The number of anilines is 2. The first-order valence-electron chi connectivity index (χ1n) is 5.04. The van der Waals surface area contributed by atoms with Crippen LogP contribution in [-0.4, -0.2) is 10.9 Å². The molecule has 3 N–H and O–H groups in total. The van der Waals surface area contributed by atoms with Gasteiger partial charge in [0, 0.05) is 21.9 Å². The maximum Gasteiger partial charge on any atom is 0.248 e. The molecule has 18 heavy (non-hydrogen) atoms. The van der Waals surface area contributed by atoms with E-state index in [0.717, 1.165) is 14.6 Å². The second-order valence-electron chi connectivity index (χ2n) is 3.55. The second kappa shape index (κ2) is 5.49. The lowest BCUT2D eigenvalue weighted by atomic mass is 10.2. The topological polar surface area (TPSA) is 68.0 Å². The molecule has 0 saturated heterocycles. The molecule has 0 aliphatic heterocycles. The molecule has 0 bridgehead atoms. The Morgan fingerprint density at radius 2 is 2.06 bits per heavy atom. The number of nitrogens with one attached hydrogen (secondary N) is 1. The van der Waals surface area contributed by atoms with Crippen LogP contribution in [-0.2, 0) is 0 Å². The van der Waals surface area contributed by atoms with Gasteiger partial charge in [0.15, 0.2) is 0 Å². The number of hydrogen-bond acceptors (Lipinski definition) is 3. The van der Waals surface area contributed by atoms with E-state index in [4.69, 9.17) is 5.73 Å². The van der Waals surface area contributed by atoms with Crippen LogP contribution in [0.1, 0.15) is 10.4 Å². The molecular weight excluding hydrogens is 362 g/mol. The molecule has 0 saturated carbocycles. The molecule has 1 heterocycles.